The summed E-state index contributed by atoms with van der Waals surface area (Å²) in [5, 5.41) is 11.3. The van der Waals surface area contributed by atoms with E-state index in [1.165, 1.54) is 0 Å². The standard InChI is InChI=1S/C22H16FN5O7S2/c23-14-6-16-17(7-18(14)37(33,34)27-20-24-10-25-36-20)35-22(32)28(16)8-12-3-1-2-11-4-5-15(26-21(30)31)13(9-29)19(11)12/h1-3,5-7,9-10,13,26H,4,8H2,(H,30,31)(H,24,25,27). The fourth-order valence-corrected chi connectivity index (χ4v) is 5.99. The molecule has 15 heteroatoms. The number of carbonyl (C=O) groups is 2. The van der Waals surface area contributed by atoms with Crippen molar-refractivity contribution in [1.29, 1.82) is 0 Å². The highest BCUT2D eigenvalue weighted by Crippen LogP contribution is 2.34. The molecule has 0 saturated carbocycles. The summed E-state index contributed by atoms with van der Waals surface area (Å²) in [5.41, 5.74) is 1.80. The van der Waals surface area contributed by atoms with E-state index >= 15 is 4.39 Å². The third-order valence-electron chi connectivity index (χ3n) is 5.78. The summed E-state index contributed by atoms with van der Waals surface area (Å²) in [5.74, 6) is -2.93. The molecule has 4 aromatic rings. The normalized spacial score (nSPS) is 15.2. The smallest absolute Gasteiger partial charge is 0.420 e. The predicted molar refractivity (Wildman–Crippen MR) is 128 cm³/mol. The number of nitrogens with zero attached hydrogens (tertiary/aromatic N) is 3. The average Bonchev–Trinajstić information content (AvgIpc) is 3.45. The number of aromatic nitrogens is 3. The number of benzene rings is 2. The summed E-state index contributed by atoms with van der Waals surface area (Å²) >= 11 is 0.761. The maximum Gasteiger partial charge on any atom is 0.420 e. The molecule has 1 atom stereocenters. The number of carbonyl (C=O) groups excluding carboxylic acids is 1. The number of sulfonamides is 1. The lowest BCUT2D eigenvalue weighted by atomic mass is 9.83. The van der Waals surface area contributed by atoms with Gasteiger partial charge >= 0.3 is 11.8 Å². The maximum atomic E-state index is 15.0. The molecule has 0 spiro atoms. The Labute approximate surface area is 211 Å². The number of halogens is 1. The van der Waals surface area contributed by atoms with Gasteiger partial charge in [0.15, 0.2) is 5.58 Å². The van der Waals surface area contributed by atoms with Gasteiger partial charge in [-0.05, 0) is 23.1 Å². The number of carboxylic acid groups (broad SMARTS) is 1. The summed E-state index contributed by atoms with van der Waals surface area (Å²) in [6.45, 7) is -0.145. The molecule has 1 unspecified atom stereocenters. The molecular weight excluding hydrogens is 529 g/mol. The molecule has 0 saturated heterocycles. The molecule has 1 amide bonds. The van der Waals surface area contributed by atoms with Crippen molar-refractivity contribution in [3.63, 3.8) is 0 Å². The van der Waals surface area contributed by atoms with Crippen LogP contribution in [0.15, 0.2) is 62.5 Å². The Kier molecular flexibility index (Phi) is 6.08. The number of rotatable bonds is 7. The van der Waals surface area contributed by atoms with Crippen LogP contribution in [0.4, 0.5) is 14.3 Å². The Balaban J connectivity index is 1.55. The highest BCUT2D eigenvalue weighted by Gasteiger charge is 2.28. The van der Waals surface area contributed by atoms with Gasteiger partial charge in [0.1, 0.15) is 23.3 Å². The van der Waals surface area contributed by atoms with Crippen LogP contribution in [0.5, 0.6) is 0 Å². The minimum atomic E-state index is -4.40. The van der Waals surface area contributed by atoms with Gasteiger partial charge in [0.05, 0.1) is 18.0 Å². The largest absolute Gasteiger partial charge is 0.465 e. The molecule has 2 heterocycles. The van der Waals surface area contributed by atoms with Gasteiger partial charge in [-0.3, -0.25) is 14.6 Å². The SMILES string of the molecule is O=CC1C(NC(=O)O)=CCc2cccc(Cn3c(=O)oc4cc(S(=O)(=O)Nc5ncns5)c(F)cc43)c21. The van der Waals surface area contributed by atoms with Crippen LogP contribution in [0, 0.1) is 5.82 Å². The summed E-state index contributed by atoms with van der Waals surface area (Å²) in [7, 11) is -4.40. The molecule has 1 aliphatic carbocycles. The van der Waals surface area contributed by atoms with Crippen LogP contribution in [0.2, 0.25) is 0 Å². The fraction of sp³-hybridized carbons (Fsp3) is 0.136. The van der Waals surface area contributed by atoms with Gasteiger partial charge in [0.25, 0.3) is 10.0 Å². The zero-order chi connectivity index (χ0) is 26.3. The molecule has 2 aromatic heterocycles. The van der Waals surface area contributed by atoms with Gasteiger partial charge < -0.3 is 14.3 Å². The van der Waals surface area contributed by atoms with E-state index in [1.807, 2.05) is 0 Å². The number of hydrogen-bond acceptors (Lipinski definition) is 9. The minimum Gasteiger partial charge on any atom is -0.465 e. The van der Waals surface area contributed by atoms with Gasteiger partial charge in [0, 0.05) is 29.4 Å². The first-order valence-electron chi connectivity index (χ1n) is 10.6. The van der Waals surface area contributed by atoms with Crippen LogP contribution < -0.4 is 15.8 Å². The summed E-state index contributed by atoms with van der Waals surface area (Å²) < 4.78 is 52.4. The Hall–Kier alpha value is -4.37. The molecule has 3 N–H and O–H groups in total. The van der Waals surface area contributed by atoms with E-state index in [9.17, 15) is 22.8 Å². The van der Waals surface area contributed by atoms with Crippen molar-refractivity contribution in [1.82, 2.24) is 19.2 Å². The van der Waals surface area contributed by atoms with Gasteiger partial charge in [0.2, 0.25) is 5.13 Å². The molecular formula is C22H16FN5O7S2. The van der Waals surface area contributed by atoms with E-state index in [-0.39, 0.29) is 28.5 Å². The zero-order valence-corrected chi connectivity index (χ0v) is 20.2. The third kappa shape index (κ3) is 4.49. The quantitative estimate of drug-likeness (QED) is 0.295. The molecule has 0 bridgehead atoms. The minimum absolute atomic E-state index is 0.00661. The number of aldehydes is 1. The highest BCUT2D eigenvalue weighted by atomic mass is 32.2. The van der Waals surface area contributed by atoms with E-state index in [4.69, 9.17) is 9.52 Å². The lowest BCUT2D eigenvalue weighted by Gasteiger charge is -2.25. The van der Waals surface area contributed by atoms with Crippen molar-refractivity contribution in [3.05, 3.63) is 81.5 Å². The second-order valence-corrected chi connectivity index (χ2v) is 10.4. The van der Waals surface area contributed by atoms with Crippen LogP contribution >= 0.6 is 11.5 Å². The van der Waals surface area contributed by atoms with E-state index < -0.39 is 38.5 Å². The van der Waals surface area contributed by atoms with E-state index in [2.05, 4.69) is 19.4 Å². The average molecular weight is 546 g/mol. The van der Waals surface area contributed by atoms with E-state index in [0.29, 0.717) is 23.8 Å². The number of hydrogen-bond donors (Lipinski definition) is 3. The summed E-state index contributed by atoms with van der Waals surface area (Å²) in [6, 6.07) is 6.93. The number of amides is 1. The molecule has 0 aliphatic heterocycles. The first kappa shape index (κ1) is 24.3. The van der Waals surface area contributed by atoms with Crippen LogP contribution in [0.3, 0.4) is 0 Å². The number of allylic oxidation sites excluding steroid dienone is 2. The first-order chi connectivity index (χ1) is 17.7. The third-order valence-corrected chi connectivity index (χ3v) is 7.85. The molecule has 37 heavy (non-hydrogen) atoms. The molecule has 12 nitrogen and oxygen atoms in total. The van der Waals surface area contributed by atoms with Crippen LogP contribution in [0.1, 0.15) is 22.6 Å². The van der Waals surface area contributed by atoms with Gasteiger partial charge in [-0.2, -0.15) is 4.37 Å². The van der Waals surface area contributed by atoms with E-state index in [1.54, 1.807) is 24.3 Å². The Bertz CT molecular complexity index is 1740. The van der Waals surface area contributed by atoms with Crippen molar-refractivity contribution in [3.8, 4) is 0 Å². The van der Waals surface area contributed by atoms with E-state index in [0.717, 1.165) is 40.1 Å². The molecule has 2 aromatic carbocycles. The molecule has 1 aliphatic rings. The Morgan fingerprint density at radius 2 is 2.16 bits per heavy atom. The van der Waals surface area contributed by atoms with Crippen molar-refractivity contribution in [2.45, 2.75) is 23.8 Å². The highest BCUT2D eigenvalue weighted by molar-refractivity contribution is 7.93. The zero-order valence-electron chi connectivity index (χ0n) is 18.5. The summed E-state index contributed by atoms with van der Waals surface area (Å²) in [6.07, 6.45) is 2.36. The molecule has 0 fully saturated rings. The van der Waals surface area contributed by atoms with Crippen molar-refractivity contribution < 1.29 is 31.9 Å². The fourth-order valence-electron chi connectivity index (χ4n) is 4.26. The van der Waals surface area contributed by atoms with Crippen molar-refractivity contribution in [2.24, 2.45) is 0 Å². The number of anilines is 1. The van der Waals surface area contributed by atoms with Crippen molar-refractivity contribution >= 4 is 50.2 Å². The Morgan fingerprint density at radius 3 is 2.86 bits per heavy atom. The number of fused-ring (bicyclic) bond motifs is 2. The first-order valence-corrected chi connectivity index (χ1v) is 12.8. The van der Waals surface area contributed by atoms with Crippen LogP contribution in [-0.4, -0.2) is 39.8 Å². The Morgan fingerprint density at radius 1 is 1.35 bits per heavy atom. The second kappa shape index (κ2) is 9.25. The monoisotopic (exact) mass is 545 g/mol. The lowest BCUT2D eigenvalue weighted by molar-refractivity contribution is -0.108. The van der Waals surface area contributed by atoms with Gasteiger partial charge in [-0.25, -0.2) is 27.4 Å². The number of oxazole rings is 1. The lowest BCUT2D eigenvalue weighted by Crippen LogP contribution is -2.29. The summed E-state index contributed by atoms with van der Waals surface area (Å²) in [4.78, 5) is 38.8. The van der Waals surface area contributed by atoms with Crippen LogP contribution in [-0.2, 0) is 27.8 Å². The predicted octanol–water partition coefficient (Wildman–Crippen LogP) is 2.42. The van der Waals surface area contributed by atoms with Crippen molar-refractivity contribution in [2.75, 3.05) is 4.72 Å². The topological polar surface area (TPSA) is 173 Å². The molecule has 190 valence electrons. The molecule has 5 rings (SSSR count). The van der Waals surface area contributed by atoms with Gasteiger partial charge in [-0.15, -0.1) is 0 Å². The maximum absolute atomic E-state index is 15.0. The molecule has 0 radical (unpaired) electrons. The van der Waals surface area contributed by atoms with Crippen LogP contribution in [0.25, 0.3) is 11.1 Å². The second-order valence-electron chi connectivity index (χ2n) is 7.95. The number of nitrogens with one attached hydrogen (secondary N) is 2. The van der Waals surface area contributed by atoms with Gasteiger partial charge in [-0.1, -0.05) is 24.3 Å².